The van der Waals surface area contributed by atoms with E-state index in [4.69, 9.17) is 18.0 Å². The van der Waals surface area contributed by atoms with Crippen molar-refractivity contribution in [2.24, 2.45) is 5.73 Å². The van der Waals surface area contributed by atoms with Gasteiger partial charge >= 0.3 is 6.18 Å². The van der Waals surface area contributed by atoms with Gasteiger partial charge in [0.1, 0.15) is 4.99 Å². The van der Waals surface area contributed by atoms with Crippen molar-refractivity contribution in [1.82, 2.24) is 0 Å². The summed E-state index contributed by atoms with van der Waals surface area (Å²) in [6.07, 6.45) is -3.40. The van der Waals surface area contributed by atoms with Crippen LogP contribution < -0.4 is 11.1 Å². The summed E-state index contributed by atoms with van der Waals surface area (Å²) >= 11 is 6.65. The minimum absolute atomic E-state index is 0.0285. The van der Waals surface area contributed by atoms with Crippen LogP contribution in [0.4, 0.5) is 18.9 Å². The Bertz CT molecular complexity index is 482. The lowest BCUT2D eigenvalue weighted by atomic mass is 10.1. The highest BCUT2D eigenvalue weighted by Crippen LogP contribution is 2.32. The molecule has 1 unspecified atom stereocenters. The summed E-state index contributed by atoms with van der Waals surface area (Å²) in [5.74, 6) is 2.00. The van der Waals surface area contributed by atoms with Crippen molar-refractivity contribution in [2.45, 2.75) is 18.6 Å². The van der Waals surface area contributed by atoms with Crippen LogP contribution >= 0.6 is 24.0 Å². The number of anilines is 1. The second kappa shape index (κ2) is 5.58. The Hall–Kier alpha value is -0.950. The maximum Gasteiger partial charge on any atom is 0.416 e. The standard InChI is InChI=1S/C12H13F3N2S2/c13-12(14,15)7-1-2-10(9(5-7)11(16)18)17-8-3-4-19-6-8/h1-2,5,8,17H,3-4,6H2,(H2,16,18). The molecular formula is C12H13F3N2S2. The SMILES string of the molecule is NC(=S)c1cc(C(F)(F)F)ccc1NC1CCSC1. The molecule has 2 nitrogen and oxygen atoms in total. The average Bonchev–Trinajstić information content (AvgIpc) is 2.80. The third-order valence-corrected chi connectivity index (χ3v) is 4.28. The van der Waals surface area contributed by atoms with Gasteiger partial charge in [-0.3, -0.25) is 0 Å². The molecular weight excluding hydrogens is 293 g/mol. The van der Waals surface area contributed by atoms with E-state index in [1.54, 1.807) is 0 Å². The summed E-state index contributed by atoms with van der Waals surface area (Å²) in [5, 5.41) is 3.21. The van der Waals surface area contributed by atoms with Crippen molar-refractivity contribution in [1.29, 1.82) is 0 Å². The minimum atomic E-state index is -4.39. The first-order chi connectivity index (χ1) is 8.88. The van der Waals surface area contributed by atoms with Crippen LogP contribution in [0.2, 0.25) is 0 Å². The molecule has 1 atom stereocenters. The number of alkyl halides is 3. The summed E-state index contributed by atoms with van der Waals surface area (Å²) in [6, 6.07) is 3.72. The zero-order valence-corrected chi connectivity index (χ0v) is 11.6. The van der Waals surface area contributed by atoms with Gasteiger partial charge in [0.15, 0.2) is 0 Å². The first kappa shape index (κ1) is 14.5. The highest BCUT2D eigenvalue weighted by atomic mass is 32.2. The fraction of sp³-hybridized carbons (Fsp3) is 0.417. The van der Waals surface area contributed by atoms with E-state index < -0.39 is 11.7 Å². The predicted octanol–water partition coefficient (Wildman–Crippen LogP) is 3.26. The third-order valence-electron chi connectivity index (χ3n) is 2.90. The minimum Gasteiger partial charge on any atom is -0.389 e. The number of thiocarbonyl (C=S) groups is 1. The number of nitrogens with two attached hydrogens (primary N) is 1. The van der Waals surface area contributed by atoms with E-state index in [0.717, 1.165) is 30.1 Å². The zero-order chi connectivity index (χ0) is 14.0. The van der Waals surface area contributed by atoms with Crippen molar-refractivity contribution in [3.8, 4) is 0 Å². The number of benzene rings is 1. The Labute approximate surface area is 118 Å². The Morgan fingerprint density at radius 2 is 2.16 bits per heavy atom. The topological polar surface area (TPSA) is 38.0 Å². The molecule has 0 saturated carbocycles. The molecule has 1 saturated heterocycles. The van der Waals surface area contributed by atoms with Crippen LogP contribution in [0, 0.1) is 0 Å². The molecule has 0 bridgehead atoms. The Morgan fingerprint density at radius 1 is 1.42 bits per heavy atom. The molecule has 2 rings (SSSR count). The first-order valence-corrected chi connectivity index (χ1v) is 7.29. The lowest BCUT2D eigenvalue weighted by Gasteiger charge is -2.18. The van der Waals surface area contributed by atoms with E-state index in [9.17, 15) is 13.2 Å². The highest BCUT2D eigenvalue weighted by Gasteiger charge is 2.31. The van der Waals surface area contributed by atoms with E-state index in [1.165, 1.54) is 6.07 Å². The summed E-state index contributed by atoms with van der Waals surface area (Å²) < 4.78 is 38.0. The number of rotatable bonds is 3. The smallest absolute Gasteiger partial charge is 0.389 e. The molecule has 1 aliphatic rings. The summed E-state index contributed by atoms with van der Waals surface area (Å²) in [6.45, 7) is 0. The van der Waals surface area contributed by atoms with Crippen molar-refractivity contribution >= 4 is 34.7 Å². The molecule has 104 valence electrons. The number of thioether (sulfide) groups is 1. The van der Waals surface area contributed by atoms with Crippen molar-refractivity contribution in [2.75, 3.05) is 16.8 Å². The molecule has 7 heteroatoms. The maximum atomic E-state index is 12.7. The number of hydrogen-bond acceptors (Lipinski definition) is 3. The van der Waals surface area contributed by atoms with Crippen molar-refractivity contribution in [3.05, 3.63) is 29.3 Å². The molecule has 1 heterocycles. The Morgan fingerprint density at radius 3 is 2.68 bits per heavy atom. The quantitative estimate of drug-likeness (QED) is 0.841. The zero-order valence-electron chi connectivity index (χ0n) is 9.96. The molecule has 1 fully saturated rings. The highest BCUT2D eigenvalue weighted by molar-refractivity contribution is 7.99. The third kappa shape index (κ3) is 3.54. The van der Waals surface area contributed by atoms with Crippen LogP contribution in [0.25, 0.3) is 0 Å². The van der Waals surface area contributed by atoms with E-state index >= 15 is 0 Å². The van der Waals surface area contributed by atoms with E-state index in [1.807, 2.05) is 11.8 Å². The molecule has 0 radical (unpaired) electrons. The van der Waals surface area contributed by atoms with Gasteiger partial charge in [-0.15, -0.1) is 0 Å². The molecule has 1 aromatic rings. The monoisotopic (exact) mass is 306 g/mol. The lowest BCUT2D eigenvalue weighted by Crippen LogP contribution is -2.22. The van der Waals surface area contributed by atoms with Gasteiger partial charge in [-0.2, -0.15) is 24.9 Å². The van der Waals surface area contributed by atoms with Crippen LogP contribution in [-0.4, -0.2) is 22.5 Å². The Balaban J connectivity index is 2.29. The van der Waals surface area contributed by atoms with E-state index in [-0.39, 0.29) is 16.6 Å². The number of halogens is 3. The van der Waals surface area contributed by atoms with Gasteiger partial charge in [0.05, 0.1) is 5.56 Å². The first-order valence-electron chi connectivity index (χ1n) is 5.73. The molecule has 1 aliphatic heterocycles. The summed E-state index contributed by atoms with van der Waals surface area (Å²) in [7, 11) is 0. The molecule has 3 N–H and O–H groups in total. The molecule has 0 spiro atoms. The van der Waals surface area contributed by atoms with Gasteiger partial charge in [0.25, 0.3) is 0 Å². The van der Waals surface area contributed by atoms with Crippen LogP contribution in [0.15, 0.2) is 18.2 Å². The molecule has 0 amide bonds. The van der Waals surface area contributed by atoms with Gasteiger partial charge in [-0.1, -0.05) is 12.2 Å². The van der Waals surface area contributed by atoms with Crippen LogP contribution in [0.1, 0.15) is 17.5 Å². The second-order valence-corrected chi connectivity index (χ2v) is 5.92. The molecule has 0 aromatic heterocycles. The van der Waals surface area contributed by atoms with Crippen LogP contribution in [0.5, 0.6) is 0 Å². The largest absolute Gasteiger partial charge is 0.416 e. The van der Waals surface area contributed by atoms with Gasteiger partial charge in [0.2, 0.25) is 0 Å². The van der Waals surface area contributed by atoms with Gasteiger partial charge in [0, 0.05) is 23.0 Å². The lowest BCUT2D eigenvalue weighted by molar-refractivity contribution is -0.137. The van der Waals surface area contributed by atoms with Crippen LogP contribution in [-0.2, 0) is 6.18 Å². The predicted molar refractivity (Wildman–Crippen MR) is 76.7 cm³/mol. The maximum absolute atomic E-state index is 12.7. The fourth-order valence-corrected chi connectivity index (χ4v) is 3.24. The van der Waals surface area contributed by atoms with E-state index in [0.29, 0.717) is 5.69 Å². The molecule has 19 heavy (non-hydrogen) atoms. The summed E-state index contributed by atoms with van der Waals surface area (Å²) in [4.78, 5) is -0.0285. The molecule has 0 aliphatic carbocycles. The average molecular weight is 306 g/mol. The Kier molecular flexibility index (Phi) is 4.25. The van der Waals surface area contributed by atoms with Crippen molar-refractivity contribution < 1.29 is 13.2 Å². The normalized spacial score (nSPS) is 19.4. The number of hydrogen-bond donors (Lipinski definition) is 2. The molecule has 1 aromatic carbocycles. The van der Waals surface area contributed by atoms with E-state index in [2.05, 4.69) is 5.32 Å². The van der Waals surface area contributed by atoms with Gasteiger partial charge in [-0.05, 0) is 30.4 Å². The summed E-state index contributed by atoms with van der Waals surface area (Å²) in [5.41, 5.74) is 5.61. The van der Waals surface area contributed by atoms with Crippen LogP contribution in [0.3, 0.4) is 0 Å². The van der Waals surface area contributed by atoms with Gasteiger partial charge in [-0.25, -0.2) is 0 Å². The van der Waals surface area contributed by atoms with Gasteiger partial charge < -0.3 is 11.1 Å². The second-order valence-electron chi connectivity index (χ2n) is 4.33. The number of nitrogens with one attached hydrogen (secondary N) is 1. The fourth-order valence-electron chi connectivity index (χ4n) is 1.92. The van der Waals surface area contributed by atoms with Crippen molar-refractivity contribution in [3.63, 3.8) is 0 Å².